The second-order valence-electron chi connectivity index (χ2n) is 8.23. The van der Waals surface area contributed by atoms with Crippen molar-refractivity contribution in [2.75, 3.05) is 33.3 Å². The van der Waals surface area contributed by atoms with Crippen LogP contribution in [0.2, 0.25) is 0 Å². The maximum atomic E-state index is 13.0. The highest BCUT2D eigenvalue weighted by Gasteiger charge is 2.29. The smallest absolute Gasteiger partial charge is 0.309 e. The molecule has 1 fully saturated rings. The van der Waals surface area contributed by atoms with Gasteiger partial charge >= 0.3 is 5.97 Å². The van der Waals surface area contributed by atoms with Gasteiger partial charge in [0.2, 0.25) is 11.8 Å². The topological polar surface area (TPSA) is 66.9 Å². The number of esters is 1. The molecule has 0 aromatic heterocycles. The molecule has 6 nitrogen and oxygen atoms in total. The molecule has 1 aliphatic heterocycles. The van der Waals surface area contributed by atoms with Gasteiger partial charge in [0, 0.05) is 32.5 Å². The van der Waals surface area contributed by atoms with E-state index >= 15 is 0 Å². The number of hydrogen-bond donors (Lipinski definition) is 0. The van der Waals surface area contributed by atoms with Crippen molar-refractivity contribution in [3.63, 3.8) is 0 Å². The molecule has 32 heavy (non-hydrogen) atoms. The molecule has 0 unspecified atom stereocenters. The fourth-order valence-corrected chi connectivity index (χ4v) is 4.15. The van der Waals surface area contributed by atoms with Crippen molar-refractivity contribution in [1.29, 1.82) is 0 Å². The van der Waals surface area contributed by atoms with Crippen molar-refractivity contribution in [3.05, 3.63) is 71.8 Å². The van der Waals surface area contributed by atoms with Crippen LogP contribution in [0.1, 0.15) is 43.2 Å². The third-order valence-electron chi connectivity index (χ3n) is 6.05. The maximum absolute atomic E-state index is 13.0. The summed E-state index contributed by atoms with van der Waals surface area (Å²) in [6.07, 6.45) is 1.50. The normalized spacial score (nSPS) is 14.3. The van der Waals surface area contributed by atoms with Crippen molar-refractivity contribution >= 4 is 17.8 Å². The Morgan fingerprint density at radius 3 is 2.00 bits per heavy atom. The zero-order valence-electron chi connectivity index (χ0n) is 18.9. The second-order valence-corrected chi connectivity index (χ2v) is 8.23. The van der Waals surface area contributed by atoms with Crippen LogP contribution in [0.15, 0.2) is 60.7 Å². The number of piperidine rings is 1. The summed E-state index contributed by atoms with van der Waals surface area (Å²) in [6, 6.07) is 19.9. The standard InChI is InChI=1S/C26H32N2O4/c1-3-32-26(31)22-14-16-28(17-15-22)25(30)19-27(2)24(29)18-23(20-10-6-4-7-11-20)21-12-8-5-9-13-21/h4-13,22-23H,3,14-19H2,1-2H3. The molecule has 170 valence electrons. The summed E-state index contributed by atoms with van der Waals surface area (Å²) in [7, 11) is 1.68. The Hall–Kier alpha value is -3.15. The lowest BCUT2D eigenvalue weighted by Crippen LogP contribution is -2.45. The van der Waals surface area contributed by atoms with E-state index in [9.17, 15) is 14.4 Å². The largest absolute Gasteiger partial charge is 0.466 e. The maximum Gasteiger partial charge on any atom is 0.309 e. The lowest BCUT2D eigenvalue weighted by Gasteiger charge is -2.32. The van der Waals surface area contributed by atoms with Gasteiger partial charge in [-0.2, -0.15) is 0 Å². The SMILES string of the molecule is CCOC(=O)C1CCN(C(=O)CN(C)C(=O)CC(c2ccccc2)c2ccccc2)CC1. The molecule has 0 aliphatic carbocycles. The number of benzene rings is 2. The Bertz CT molecular complexity index is 853. The highest BCUT2D eigenvalue weighted by atomic mass is 16.5. The van der Waals surface area contributed by atoms with E-state index in [2.05, 4.69) is 0 Å². The summed E-state index contributed by atoms with van der Waals surface area (Å²) in [6.45, 7) is 3.24. The number of hydrogen-bond acceptors (Lipinski definition) is 4. The Labute approximate surface area is 190 Å². The van der Waals surface area contributed by atoms with Gasteiger partial charge in [0.05, 0.1) is 19.1 Å². The summed E-state index contributed by atoms with van der Waals surface area (Å²) in [5.41, 5.74) is 2.15. The van der Waals surface area contributed by atoms with E-state index in [4.69, 9.17) is 4.74 Å². The zero-order valence-corrected chi connectivity index (χ0v) is 18.9. The number of likely N-dealkylation sites (tertiary alicyclic amines) is 1. The lowest BCUT2D eigenvalue weighted by atomic mass is 9.88. The van der Waals surface area contributed by atoms with Gasteiger partial charge in [-0.15, -0.1) is 0 Å². The Morgan fingerprint density at radius 2 is 1.50 bits per heavy atom. The van der Waals surface area contributed by atoms with Crippen molar-refractivity contribution < 1.29 is 19.1 Å². The molecule has 3 rings (SSSR count). The van der Waals surface area contributed by atoms with Gasteiger partial charge in [0.15, 0.2) is 0 Å². The van der Waals surface area contributed by atoms with E-state index in [1.807, 2.05) is 60.7 Å². The third-order valence-corrected chi connectivity index (χ3v) is 6.05. The fourth-order valence-electron chi connectivity index (χ4n) is 4.15. The first-order valence-electron chi connectivity index (χ1n) is 11.3. The van der Waals surface area contributed by atoms with Crippen LogP contribution in [0.3, 0.4) is 0 Å². The number of nitrogens with zero attached hydrogens (tertiary/aromatic N) is 2. The number of ether oxygens (including phenoxy) is 1. The van der Waals surface area contributed by atoms with Crippen LogP contribution in [0, 0.1) is 5.92 Å². The molecule has 1 aliphatic rings. The highest BCUT2D eigenvalue weighted by molar-refractivity contribution is 5.85. The molecule has 2 aromatic rings. The molecule has 6 heteroatoms. The molecule has 2 amide bonds. The Kier molecular flexibility index (Phi) is 8.42. The van der Waals surface area contributed by atoms with Crippen LogP contribution >= 0.6 is 0 Å². The summed E-state index contributed by atoms with van der Waals surface area (Å²) in [5, 5.41) is 0. The van der Waals surface area contributed by atoms with Crippen molar-refractivity contribution in [1.82, 2.24) is 9.80 Å². The first-order valence-corrected chi connectivity index (χ1v) is 11.3. The number of carbonyl (C=O) groups excluding carboxylic acids is 3. The highest BCUT2D eigenvalue weighted by Crippen LogP contribution is 2.28. The van der Waals surface area contributed by atoms with E-state index in [1.165, 1.54) is 4.90 Å². The molecule has 0 atom stereocenters. The third kappa shape index (κ3) is 6.19. The van der Waals surface area contributed by atoms with Crippen LogP contribution in [0.4, 0.5) is 0 Å². The van der Waals surface area contributed by atoms with Crippen molar-refractivity contribution in [3.8, 4) is 0 Å². The molecule has 0 spiro atoms. The van der Waals surface area contributed by atoms with Gasteiger partial charge in [-0.05, 0) is 30.9 Å². The monoisotopic (exact) mass is 436 g/mol. The molecular formula is C26H32N2O4. The molecule has 0 bridgehead atoms. The zero-order chi connectivity index (χ0) is 22.9. The molecule has 0 N–H and O–H groups in total. The molecule has 1 saturated heterocycles. The Balaban J connectivity index is 1.57. The van der Waals surface area contributed by atoms with Crippen LogP contribution in [-0.4, -0.2) is 60.9 Å². The van der Waals surface area contributed by atoms with Crippen LogP contribution in [-0.2, 0) is 19.1 Å². The van der Waals surface area contributed by atoms with Crippen molar-refractivity contribution in [2.24, 2.45) is 5.92 Å². The first kappa shape index (κ1) is 23.5. The van der Waals surface area contributed by atoms with Gasteiger partial charge in [0.25, 0.3) is 0 Å². The summed E-state index contributed by atoms with van der Waals surface area (Å²) in [5.74, 6) is -0.546. The van der Waals surface area contributed by atoms with E-state index in [0.29, 0.717) is 39.0 Å². The van der Waals surface area contributed by atoms with Crippen LogP contribution in [0.25, 0.3) is 0 Å². The van der Waals surface area contributed by atoms with Gasteiger partial charge in [-0.25, -0.2) is 0 Å². The summed E-state index contributed by atoms with van der Waals surface area (Å²) >= 11 is 0. The predicted octanol–water partition coefficient (Wildman–Crippen LogP) is 3.47. The molecule has 1 heterocycles. The van der Waals surface area contributed by atoms with Gasteiger partial charge in [-0.1, -0.05) is 60.7 Å². The second kappa shape index (κ2) is 11.5. The number of carbonyl (C=O) groups is 3. The van der Waals surface area contributed by atoms with E-state index in [-0.39, 0.29) is 36.2 Å². The minimum atomic E-state index is -0.181. The molecule has 0 saturated carbocycles. The lowest BCUT2D eigenvalue weighted by molar-refractivity contribution is -0.151. The summed E-state index contributed by atoms with van der Waals surface area (Å²) in [4.78, 5) is 40.9. The average Bonchev–Trinajstić information content (AvgIpc) is 2.83. The predicted molar refractivity (Wildman–Crippen MR) is 123 cm³/mol. The molecular weight excluding hydrogens is 404 g/mol. The minimum Gasteiger partial charge on any atom is -0.466 e. The van der Waals surface area contributed by atoms with Crippen LogP contribution in [0.5, 0.6) is 0 Å². The fraction of sp³-hybridized carbons (Fsp3) is 0.423. The molecule has 2 aromatic carbocycles. The number of likely N-dealkylation sites (N-methyl/N-ethyl adjacent to an activating group) is 1. The first-order chi connectivity index (χ1) is 15.5. The van der Waals surface area contributed by atoms with Crippen LogP contribution < -0.4 is 0 Å². The Morgan fingerprint density at radius 1 is 0.969 bits per heavy atom. The van der Waals surface area contributed by atoms with Crippen molar-refractivity contribution in [2.45, 2.75) is 32.1 Å². The van der Waals surface area contributed by atoms with E-state index in [0.717, 1.165) is 11.1 Å². The van der Waals surface area contributed by atoms with Gasteiger partial charge in [0.1, 0.15) is 0 Å². The minimum absolute atomic E-state index is 0.0409. The number of amides is 2. The van der Waals surface area contributed by atoms with Gasteiger partial charge in [-0.3, -0.25) is 14.4 Å². The quantitative estimate of drug-likeness (QED) is 0.595. The number of rotatable bonds is 8. The molecule has 0 radical (unpaired) electrons. The summed E-state index contributed by atoms with van der Waals surface area (Å²) < 4.78 is 5.09. The van der Waals surface area contributed by atoms with E-state index in [1.54, 1.807) is 18.9 Å². The van der Waals surface area contributed by atoms with Gasteiger partial charge < -0.3 is 14.5 Å². The van der Waals surface area contributed by atoms with E-state index < -0.39 is 0 Å². The average molecular weight is 437 g/mol.